The largest absolute Gasteiger partial charge is 0.364 e. The van der Waals surface area contributed by atoms with Crippen molar-refractivity contribution in [3.8, 4) is 0 Å². The molecule has 0 saturated heterocycles. The van der Waals surface area contributed by atoms with Gasteiger partial charge in [-0.25, -0.2) is 4.98 Å². The van der Waals surface area contributed by atoms with Crippen LogP contribution in [0, 0.1) is 17.0 Å². The summed E-state index contributed by atoms with van der Waals surface area (Å²) in [5, 5.41) is 14.0. The van der Waals surface area contributed by atoms with Crippen molar-refractivity contribution < 1.29 is 4.92 Å². The fourth-order valence-corrected chi connectivity index (χ4v) is 2.23. The minimum atomic E-state index is -0.495. The maximum atomic E-state index is 11.1. The van der Waals surface area contributed by atoms with E-state index in [1.165, 1.54) is 5.56 Å². The first-order valence-electron chi connectivity index (χ1n) is 6.54. The molecule has 110 valence electrons. The average molecular weight is 307 g/mol. The molecule has 0 bridgehead atoms. The van der Waals surface area contributed by atoms with E-state index in [2.05, 4.69) is 15.3 Å². The van der Waals surface area contributed by atoms with E-state index >= 15 is 0 Å². The molecule has 1 N–H and O–H groups in total. The zero-order valence-corrected chi connectivity index (χ0v) is 12.3. The van der Waals surface area contributed by atoms with E-state index in [9.17, 15) is 10.1 Å². The van der Waals surface area contributed by atoms with Gasteiger partial charge < -0.3 is 5.32 Å². The van der Waals surface area contributed by atoms with Crippen LogP contribution < -0.4 is 5.32 Å². The van der Waals surface area contributed by atoms with Crippen LogP contribution in [0.2, 0.25) is 5.28 Å². The molecule has 0 amide bonds. The monoisotopic (exact) mass is 306 g/mol. The molecule has 0 saturated carbocycles. The molecule has 0 unspecified atom stereocenters. The summed E-state index contributed by atoms with van der Waals surface area (Å²) in [7, 11) is 0. The fraction of sp³-hybridized carbons (Fsp3) is 0.286. The standard InChI is InChI=1S/C14H15ClN4O2/c1-10-12(19(20)21)13(18-14(15)17-10)16-9-5-8-11-6-3-2-4-7-11/h2-4,6-7H,5,8-9H2,1H3,(H,16,17,18). The van der Waals surface area contributed by atoms with Crippen molar-refractivity contribution in [1.29, 1.82) is 0 Å². The molecule has 0 fully saturated rings. The minimum Gasteiger partial charge on any atom is -0.364 e. The summed E-state index contributed by atoms with van der Waals surface area (Å²) in [5.74, 6) is 0.172. The number of aromatic nitrogens is 2. The number of nitrogens with one attached hydrogen (secondary N) is 1. The Bertz CT molecular complexity index is 634. The van der Waals surface area contributed by atoms with Crippen LogP contribution in [0.3, 0.4) is 0 Å². The molecule has 0 aliphatic carbocycles. The SMILES string of the molecule is Cc1nc(Cl)nc(NCCCc2ccccc2)c1[N+](=O)[O-]. The molecule has 6 nitrogen and oxygen atoms in total. The molecule has 0 spiro atoms. The Morgan fingerprint density at radius 3 is 2.67 bits per heavy atom. The number of nitrogens with zero attached hydrogens (tertiary/aromatic N) is 3. The first-order valence-corrected chi connectivity index (χ1v) is 6.92. The molecule has 0 atom stereocenters. The van der Waals surface area contributed by atoms with Gasteiger partial charge in [0.05, 0.1) is 4.92 Å². The maximum Gasteiger partial charge on any atom is 0.332 e. The number of hydrogen-bond acceptors (Lipinski definition) is 5. The number of halogens is 1. The van der Waals surface area contributed by atoms with Gasteiger partial charge in [-0.3, -0.25) is 10.1 Å². The van der Waals surface area contributed by atoms with Gasteiger partial charge >= 0.3 is 5.69 Å². The van der Waals surface area contributed by atoms with Crippen LogP contribution >= 0.6 is 11.6 Å². The second-order valence-electron chi connectivity index (χ2n) is 4.55. The predicted octanol–water partition coefficient (Wildman–Crippen LogP) is 3.39. The van der Waals surface area contributed by atoms with Crippen LogP contribution in [0.1, 0.15) is 17.7 Å². The smallest absolute Gasteiger partial charge is 0.332 e. The van der Waals surface area contributed by atoms with Crippen molar-refractivity contribution in [2.75, 3.05) is 11.9 Å². The summed E-state index contributed by atoms with van der Waals surface area (Å²) in [6, 6.07) is 10.0. The van der Waals surface area contributed by atoms with Crippen molar-refractivity contribution in [1.82, 2.24) is 9.97 Å². The Kier molecular flexibility index (Phi) is 5.05. The van der Waals surface area contributed by atoms with E-state index in [1.54, 1.807) is 6.92 Å². The second-order valence-corrected chi connectivity index (χ2v) is 4.89. The molecular weight excluding hydrogens is 292 g/mol. The quantitative estimate of drug-likeness (QED) is 0.383. The van der Waals surface area contributed by atoms with Gasteiger partial charge in [0.25, 0.3) is 0 Å². The summed E-state index contributed by atoms with van der Waals surface area (Å²) in [6.45, 7) is 2.11. The maximum absolute atomic E-state index is 11.1. The first-order chi connectivity index (χ1) is 10.1. The average Bonchev–Trinajstić information content (AvgIpc) is 2.43. The number of hydrogen-bond donors (Lipinski definition) is 1. The number of nitro groups is 1. The van der Waals surface area contributed by atoms with E-state index in [4.69, 9.17) is 11.6 Å². The molecule has 1 aromatic carbocycles. The highest BCUT2D eigenvalue weighted by molar-refractivity contribution is 6.28. The lowest BCUT2D eigenvalue weighted by Gasteiger charge is -2.07. The van der Waals surface area contributed by atoms with Crippen LogP contribution in [-0.4, -0.2) is 21.4 Å². The third-order valence-corrected chi connectivity index (χ3v) is 3.16. The summed E-state index contributed by atoms with van der Waals surface area (Å²) in [4.78, 5) is 18.3. The van der Waals surface area contributed by atoms with Gasteiger partial charge in [-0.2, -0.15) is 4.98 Å². The van der Waals surface area contributed by atoms with Crippen LogP contribution in [0.15, 0.2) is 30.3 Å². The summed E-state index contributed by atoms with van der Waals surface area (Å²) in [5.41, 5.74) is 1.36. The van der Waals surface area contributed by atoms with Gasteiger partial charge in [0.15, 0.2) is 0 Å². The van der Waals surface area contributed by atoms with E-state index in [0.717, 1.165) is 12.8 Å². The molecule has 1 heterocycles. The lowest BCUT2D eigenvalue weighted by molar-refractivity contribution is -0.385. The molecule has 21 heavy (non-hydrogen) atoms. The highest BCUT2D eigenvalue weighted by atomic mass is 35.5. The Labute approximate surface area is 127 Å². The van der Waals surface area contributed by atoms with Crippen molar-refractivity contribution in [3.05, 3.63) is 57.0 Å². The lowest BCUT2D eigenvalue weighted by atomic mass is 10.1. The molecule has 2 aromatic rings. The van der Waals surface area contributed by atoms with Gasteiger partial charge in [0, 0.05) is 6.54 Å². The van der Waals surface area contributed by atoms with E-state index in [0.29, 0.717) is 6.54 Å². The van der Waals surface area contributed by atoms with Crippen LogP contribution in [0.25, 0.3) is 0 Å². The molecule has 0 aliphatic heterocycles. The van der Waals surface area contributed by atoms with Crippen molar-refractivity contribution in [2.45, 2.75) is 19.8 Å². The fourth-order valence-electron chi connectivity index (χ4n) is 2.02. The third kappa shape index (κ3) is 4.13. The Balaban J connectivity index is 1.98. The Morgan fingerprint density at radius 1 is 1.29 bits per heavy atom. The molecule has 0 aliphatic rings. The predicted molar refractivity (Wildman–Crippen MR) is 81.7 cm³/mol. The van der Waals surface area contributed by atoms with E-state index in [1.807, 2.05) is 30.3 Å². The van der Waals surface area contributed by atoms with Gasteiger partial charge in [-0.15, -0.1) is 0 Å². The molecular formula is C14H15ClN4O2. The highest BCUT2D eigenvalue weighted by Crippen LogP contribution is 2.26. The normalized spacial score (nSPS) is 10.4. The Morgan fingerprint density at radius 2 is 2.00 bits per heavy atom. The third-order valence-electron chi connectivity index (χ3n) is 2.99. The van der Waals surface area contributed by atoms with Crippen LogP contribution in [-0.2, 0) is 6.42 Å². The minimum absolute atomic E-state index is 0.00339. The number of anilines is 1. The van der Waals surface area contributed by atoms with Crippen molar-refractivity contribution >= 4 is 23.1 Å². The molecule has 7 heteroatoms. The lowest BCUT2D eigenvalue weighted by Crippen LogP contribution is -2.09. The topological polar surface area (TPSA) is 81.0 Å². The molecule has 2 rings (SSSR count). The molecule has 1 aromatic heterocycles. The highest BCUT2D eigenvalue weighted by Gasteiger charge is 2.21. The zero-order chi connectivity index (χ0) is 15.2. The van der Waals surface area contributed by atoms with E-state index in [-0.39, 0.29) is 22.5 Å². The van der Waals surface area contributed by atoms with Gasteiger partial charge in [0.2, 0.25) is 11.1 Å². The summed E-state index contributed by atoms with van der Waals surface area (Å²) in [6.07, 6.45) is 1.72. The molecule has 0 radical (unpaired) electrons. The number of benzene rings is 1. The summed E-state index contributed by atoms with van der Waals surface area (Å²) >= 11 is 5.75. The zero-order valence-electron chi connectivity index (χ0n) is 11.5. The second kappa shape index (κ2) is 6.99. The number of aryl methyl sites for hydroxylation is 2. The summed E-state index contributed by atoms with van der Waals surface area (Å²) < 4.78 is 0. The van der Waals surface area contributed by atoms with Gasteiger partial charge in [-0.05, 0) is 36.9 Å². The van der Waals surface area contributed by atoms with Gasteiger partial charge in [0.1, 0.15) is 5.69 Å². The number of rotatable bonds is 6. The first kappa shape index (κ1) is 15.2. The van der Waals surface area contributed by atoms with Gasteiger partial charge in [-0.1, -0.05) is 30.3 Å². The van der Waals surface area contributed by atoms with Crippen LogP contribution in [0.4, 0.5) is 11.5 Å². The van der Waals surface area contributed by atoms with Crippen LogP contribution in [0.5, 0.6) is 0 Å². The van der Waals surface area contributed by atoms with E-state index < -0.39 is 4.92 Å². The van der Waals surface area contributed by atoms with Crippen molar-refractivity contribution in [3.63, 3.8) is 0 Å². The Hall–Kier alpha value is -2.21. The van der Waals surface area contributed by atoms with Crippen molar-refractivity contribution in [2.24, 2.45) is 0 Å².